The molecule has 0 unspecified atom stereocenters. The third-order valence-corrected chi connectivity index (χ3v) is 6.14. The van der Waals surface area contributed by atoms with E-state index in [-0.39, 0.29) is 5.82 Å². The molecule has 5 rings (SSSR count). The molecule has 1 aromatic carbocycles. The van der Waals surface area contributed by atoms with Crippen LogP contribution in [-0.2, 0) is 6.54 Å². The zero-order chi connectivity index (χ0) is 23.7. The van der Waals surface area contributed by atoms with Crippen molar-refractivity contribution in [1.29, 1.82) is 0 Å². The lowest BCUT2D eigenvalue weighted by Crippen LogP contribution is -2.06. The molecule has 4 heterocycles. The van der Waals surface area contributed by atoms with Crippen LogP contribution >= 0.6 is 11.6 Å². The quantitative estimate of drug-likeness (QED) is 0.303. The van der Waals surface area contributed by atoms with E-state index in [1.54, 1.807) is 6.07 Å². The van der Waals surface area contributed by atoms with E-state index in [0.29, 0.717) is 28.8 Å². The molecule has 0 radical (unpaired) electrons. The zero-order valence-electron chi connectivity index (χ0n) is 19.2. The van der Waals surface area contributed by atoms with Gasteiger partial charge < -0.3 is 0 Å². The first-order valence-corrected chi connectivity index (χ1v) is 11.9. The molecule has 0 N–H and O–H groups in total. The summed E-state index contributed by atoms with van der Waals surface area (Å²) in [6, 6.07) is 12.3. The molecule has 0 amide bonds. The van der Waals surface area contributed by atoms with Crippen molar-refractivity contribution in [2.24, 2.45) is 10.9 Å². The van der Waals surface area contributed by atoms with Gasteiger partial charge in [0.05, 0.1) is 34.7 Å². The third-order valence-electron chi connectivity index (χ3n) is 5.90. The Kier molecular flexibility index (Phi) is 6.24. The molecule has 1 aliphatic rings. The summed E-state index contributed by atoms with van der Waals surface area (Å²) in [7, 11) is 0. The van der Waals surface area contributed by atoms with Crippen LogP contribution < -0.4 is 0 Å². The Morgan fingerprint density at radius 1 is 1.06 bits per heavy atom. The number of halogens is 2. The largest absolute Gasteiger partial charge is 0.280 e. The van der Waals surface area contributed by atoms with Gasteiger partial charge in [-0.15, -0.1) is 0 Å². The Balaban J connectivity index is 1.43. The van der Waals surface area contributed by atoms with Crippen LogP contribution in [0.2, 0.25) is 5.02 Å². The van der Waals surface area contributed by atoms with Gasteiger partial charge in [0.2, 0.25) is 0 Å². The van der Waals surface area contributed by atoms with Gasteiger partial charge in [0.25, 0.3) is 0 Å². The van der Waals surface area contributed by atoms with Crippen LogP contribution in [0.3, 0.4) is 0 Å². The van der Waals surface area contributed by atoms with Gasteiger partial charge >= 0.3 is 0 Å². The number of allylic oxidation sites excluding steroid dienone is 1. The van der Waals surface area contributed by atoms with Crippen molar-refractivity contribution in [2.75, 3.05) is 6.54 Å². The summed E-state index contributed by atoms with van der Waals surface area (Å²) in [5.41, 5.74) is 5.79. The second-order valence-electron chi connectivity index (χ2n) is 8.89. The summed E-state index contributed by atoms with van der Waals surface area (Å²) in [4.78, 5) is 13.9. The van der Waals surface area contributed by atoms with Gasteiger partial charge in [-0.25, -0.2) is 9.37 Å². The van der Waals surface area contributed by atoms with Crippen LogP contribution in [0.4, 0.5) is 4.39 Å². The predicted octanol–water partition coefficient (Wildman–Crippen LogP) is 6.61. The number of rotatable bonds is 7. The molecule has 0 atom stereocenters. The van der Waals surface area contributed by atoms with Crippen molar-refractivity contribution < 1.29 is 4.39 Å². The number of fused-ring (bicyclic) bond motifs is 1. The summed E-state index contributed by atoms with van der Waals surface area (Å²) in [6.07, 6.45) is 8.08. The Morgan fingerprint density at radius 2 is 1.94 bits per heavy atom. The van der Waals surface area contributed by atoms with E-state index in [4.69, 9.17) is 21.7 Å². The van der Waals surface area contributed by atoms with E-state index < -0.39 is 0 Å². The molecule has 0 saturated heterocycles. The highest BCUT2D eigenvalue weighted by molar-refractivity contribution is 6.35. The molecule has 1 aliphatic heterocycles. The van der Waals surface area contributed by atoms with Crippen LogP contribution in [-0.4, -0.2) is 32.0 Å². The van der Waals surface area contributed by atoms with Gasteiger partial charge in [0.15, 0.2) is 0 Å². The molecular weight excluding hydrogens is 449 g/mol. The third kappa shape index (κ3) is 4.64. The number of aryl methyl sites for hydroxylation is 1. The average Bonchev–Trinajstić information content (AvgIpc) is 3.50. The molecular formula is C27H25ClFN5. The van der Waals surface area contributed by atoms with Crippen LogP contribution in [0.25, 0.3) is 27.9 Å². The number of aliphatic imine (C=N–C) groups is 1. The number of benzene rings is 1. The fraction of sp³-hybridized carbons (Fsp3) is 0.259. The maximum Gasteiger partial charge on any atom is 0.132 e. The molecule has 34 heavy (non-hydrogen) atoms. The lowest BCUT2D eigenvalue weighted by atomic mass is 9.99. The SMILES string of the molecule is CC(C)CCCn1ccc(-c2cnc3ccc(C4=CCN=C4c4cc(Cl)ccc4F)nc3c2)n1. The van der Waals surface area contributed by atoms with Crippen LogP contribution in [0.15, 0.2) is 65.9 Å². The molecule has 172 valence electrons. The maximum atomic E-state index is 14.5. The topological polar surface area (TPSA) is 56.0 Å². The number of pyridine rings is 2. The van der Waals surface area contributed by atoms with Gasteiger partial charge in [-0.1, -0.05) is 31.5 Å². The molecule has 0 spiro atoms. The Hall–Kier alpha value is -3.38. The van der Waals surface area contributed by atoms with Crippen LogP contribution in [0.5, 0.6) is 0 Å². The lowest BCUT2D eigenvalue weighted by molar-refractivity contribution is 0.490. The molecule has 7 heteroatoms. The first-order valence-electron chi connectivity index (χ1n) is 11.5. The zero-order valence-corrected chi connectivity index (χ0v) is 19.9. The van der Waals surface area contributed by atoms with Crippen LogP contribution in [0.1, 0.15) is 37.9 Å². The van der Waals surface area contributed by atoms with Gasteiger partial charge in [-0.3, -0.25) is 14.7 Å². The first-order chi connectivity index (χ1) is 16.5. The van der Waals surface area contributed by atoms with Crippen LogP contribution in [0, 0.1) is 11.7 Å². The minimum atomic E-state index is -0.357. The second-order valence-corrected chi connectivity index (χ2v) is 9.33. The summed E-state index contributed by atoms with van der Waals surface area (Å²) in [5, 5.41) is 5.18. The maximum absolute atomic E-state index is 14.5. The molecule has 0 aliphatic carbocycles. The second kappa shape index (κ2) is 9.47. The Labute approximate surface area is 203 Å². The van der Waals surface area contributed by atoms with Gasteiger partial charge in [0.1, 0.15) is 5.82 Å². The average molecular weight is 474 g/mol. The Bertz CT molecular complexity index is 1420. The number of hydrogen-bond acceptors (Lipinski definition) is 4. The fourth-order valence-electron chi connectivity index (χ4n) is 4.14. The highest BCUT2D eigenvalue weighted by Gasteiger charge is 2.21. The van der Waals surface area contributed by atoms with Crippen molar-refractivity contribution in [1.82, 2.24) is 19.7 Å². The van der Waals surface area contributed by atoms with E-state index in [1.807, 2.05) is 47.4 Å². The molecule has 0 fully saturated rings. The van der Waals surface area contributed by atoms with E-state index in [1.165, 1.54) is 18.6 Å². The van der Waals surface area contributed by atoms with E-state index in [9.17, 15) is 4.39 Å². The number of nitrogens with zero attached hydrogens (tertiary/aromatic N) is 5. The van der Waals surface area contributed by atoms with Gasteiger partial charge in [-0.05, 0) is 61.2 Å². The van der Waals surface area contributed by atoms with E-state index in [0.717, 1.165) is 46.5 Å². The highest BCUT2D eigenvalue weighted by atomic mass is 35.5. The Morgan fingerprint density at radius 3 is 2.79 bits per heavy atom. The molecule has 3 aromatic heterocycles. The van der Waals surface area contributed by atoms with Gasteiger partial charge in [-0.2, -0.15) is 5.10 Å². The van der Waals surface area contributed by atoms with Crippen molar-refractivity contribution in [3.63, 3.8) is 0 Å². The summed E-state index contributed by atoms with van der Waals surface area (Å²) < 4.78 is 16.5. The first kappa shape index (κ1) is 22.4. The summed E-state index contributed by atoms with van der Waals surface area (Å²) in [5.74, 6) is 0.334. The van der Waals surface area contributed by atoms with Crippen molar-refractivity contribution in [2.45, 2.75) is 33.2 Å². The van der Waals surface area contributed by atoms with Crippen molar-refractivity contribution in [3.8, 4) is 11.3 Å². The molecule has 4 aromatic rings. The van der Waals surface area contributed by atoms with Gasteiger partial charge in [0, 0.05) is 40.7 Å². The van der Waals surface area contributed by atoms with E-state index in [2.05, 4.69) is 23.8 Å². The minimum Gasteiger partial charge on any atom is -0.280 e. The molecule has 5 nitrogen and oxygen atoms in total. The summed E-state index contributed by atoms with van der Waals surface area (Å²) in [6.45, 7) is 5.84. The molecule has 0 saturated carbocycles. The normalized spacial score (nSPS) is 13.6. The number of hydrogen-bond donors (Lipinski definition) is 0. The lowest BCUT2D eigenvalue weighted by Gasteiger charge is -2.10. The highest BCUT2D eigenvalue weighted by Crippen LogP contribution is 2.28. The standard InChI is InChI=1S/C27H25ClFN5/c1-17(2)4-3-12-34-13-10-23(33-34)18-14-26-25(31-16-18)8-7-24(32-26)20-9-11-30-27(20)21-15-19(28)5-6-22(21)29/h5-10,13-17H,3-4,11-12H2,1-2H3. The van der Waals surface area contributed by atoms with E-state index >= 15 is 0 Å². The van der Waals surface area contributed by atoms with Crippen molar-refractivity contribution >= 4 is 33.9 Å². The predicted molar refractivity (Wildman–Crippen MR) is 136 cm³/mol. The number of aromatic nitrogens is 4. The smallest absolute Gasteiger partial charge is 0.132 e. The summed E-state index contributed by atoms with van der Waals surface area (Å²) >= 11 is 6.11. The monoisotopic (exact) mass is 473 g/mol. The minimum absolute atomic E-state index is 0.357. The van der Waals surface area contributed by atoms with Crippen molar-refractivity contribution in [3.05, 3.63) is 83.0 Å². The molecule has 0 bridgehead atoms. The fourth-order valence-corrected chi connectivity index (χ4v) is 4.32.